The van der Waals surface area contributed by atoms with Gasteiger partial charge in [0, 0.05) is 16.1 Å². The molecule has 0 saturated carbocycles. The maximum Gasteiger partial charge on any atom is 0.243 e. The second kappa shape index (κ2) is 5.82. The number of nitrogens with one attached hydrogen (secondary N) is 1. The molecule has 0 saturated heterocycles. The summed E-state index contributed by atoms with van der Waals surface area (Å²) in [6, 6.07) is 6.10. The summed E-state index contributed by atoms with van der Waals surface area (Å²) in [5.41, 5.74) is 6.80. The first-order valence-electron chi connectivity index (χ1n) is 6.35. The van der Waals surface area contributed by atoms with Crippen LogP contribution in [0, 0.1) is 13.8 Å². The molecule has 0 aliphatic heterocycles. The van der Waals surface area contributed by atoms with E-state index in [0.717, 1.165) is 15.8 Å². The van der Waals surface area contributed by atoms with E-state index in [2.05, 4.69) is 20.7 Å². The number of nitrogens with two attached hydrogens (primary N) is 1. The Balaban J connectivity index is 2.31. The minimum atomic E-state index is -3.70. The molecule has 1 unspecified atom stereocenters. The quantitative estimate of drug-likeness (QED) is 0.806. The molecule has 0 fully saturated rings. The predicted molar refractivity (Wildman–Crippen MR) is 85.5 cm³/mol. The molecule has 5 nitrogen and oxygen atoms in total. The van der Waals surface area contributed by atoms with Crippen molar-refractivity contribution in [2.45, 2.75) is 31.7 Å². The lowest BCUT2D eigenvalue weighted by Gasteiger charge is -2.15. The second-order valence-corrected chi connectivity index (χ2v) is 7.49. The Morgan fingerprint density at radius 2 is 1.95 bits per heavy atom. The first kappa shape index (κ1) is 16.1. The van der Waals surface area contributed by atoms with Gasteiger partial charge < -0.3 is 10.2 Å². The Morgan fingerprint density at radius 1 is 1.29 bits per heavy atom. The summed E-state index contributed by atoms with van der Waals surface area (Å²) in [5.74, 6) is 1.45. The van der Waals surface area contributed by atoms with E-state index < -0.39 is 16.1 Å². The monoisotopic (exact) mass is 372 g/mol. The molecule has 0 amide bonds. The fourth-order valence-electron chi connectivity index (χ4n) is 2.20. The number of nitrogen functional groups attached to an aromatic ring is 1. The lowest BCUT2D eigenvalue weighted by atomic mass is 10.1. The molecule has 0 aliphatic rings. The Kier molecular flexibility index (Phi) is 4.46. The number of furan rings is 1. The first-order valence-corrected chi connectivity index (χ1v) is 8.62. The second-order valence-electron chi connectivity index (χ2n) is 4.89. The van der Waals surface area contributed by atoms with Crippen molar-refractivity contribution in [1.29, 1.82) is 0 Å². The largest absolute Gasteiger partial charge is 0.466 e. The molecule has 7 heteroatoms. The van der Waals surface area contributed by atoms with E-state index in [1.54, 1.807) is 26.0 Å². The van der Waals surface area contributed by atoms with Crippen LogP contribution in [0.4, 0.5) is 5.69 Å². The number of halogens is 1. The van der Waals surface area contributed by atoms with Gasteiger partial charge in [-0.3, -0.25) is 0 Å². The van der Waals surface area contributed by atoms with Crippen molar-refractivity contribution in [3.8, 4) is 0 Å². The number of benzene rings is 1. The normalized spacial score (nSPS) is 13.3. The summed E-state index contributed by atoms with van der Waals surface area (Å²) in [6.45, 7) is 5.40. The van der Waals surface area contributed by atoms with Gasteiger partial charge in [0.05, 0.1) is 5.69 Å². The zero-order valence-corrected chi connectivity index (χ0v) is 14.4. The van der Waals surface area contributed by atoms with E-state index in [1.807, 2.05) is 13.0 Å². The molecular weight excluding hydrogens is 356 g/mol. The molecule has 3 N–H and O–H groups in total. The van der Waals surface area contributed by atoms with Crippen molar-refractivity contribution in [3.63, 3.8) is 0 Å². The van der Waals surface area contributed by atoms with Crippen LogP contribution < -0.4 is 10.5 Å². The average Bonchev–Trinajstić information content (AvgIpc) is 2.67. The lowest BCUT2D eigenvalue weighted by molar-refractivity contribution is 0.496. The van der Waals surface area contributed by atoms with Crippen molar-refractivity contribution in [3.05, 3.63) is 45.8 Å². The van der Waals surface area contributed by atoms with E-state index in [9.17, 15) is 8.42 Å². The standard InChI is InChI=1S/C14H17BrN2O3S/c1-8-6-12(10(3)20-8)9(2)17-21(18,19)14-5-4-11(15)7-13(14)16/h4-7,9,17H,16H2,1-3H3. The van der Waals surface area contributed by atoms with E-state index >= 15 is 0 Å². The van der Waals surface area contributed by atoms with Crippen LogP contribution in [0.5, 0.6) is 0 Å². The molecule has 114 valence electrons. The third kappa shape index (κ3) is 3.48. The van der Waals surface area contributed by atoms with E-state index in [4.69, 9.17) is 10.2 Å². The molecule has 2 rings (SSSR count). The molecule has 0 spiro atoms. The van der Waals surface area contributed by atoms with Crippen LogP contribution in [0.3, 0.4) is 0 Å². The van der Waals surface area contributed by atoms with E-state index in [1.165, 1.54) is 6.07 Å². The van der Waals surface area contributed by atoms with Gasteiger partial charge in [0.15, 0.2) is 0 Å². The number of hydrogen-bond donors (Lipinski definition) is 2. The van der Waals surface area contributed by atoms with Crippen LogP contribution in [0.2, 0.25) is 0 Å². The lowest BCUT2D eigenvalue weighted by Crippen LogP contribution is -2.27. The van der Waals surface area contributed by atoms with Crippen LogP contribution in [0.1, 0.15) is 30.0 Å². The molecule has 0 radical (unpaired) electrons. The van der Waals surface area contributed by atoms with Gasteiger partial charge in [0.25, 0.3) is 0 Å². The van der Waals surface area contributed by atoms with Gasteiger partial charge >= 0.3 is 0 Å². The molecular formula is C14H17BrN2O3S. The molecule has 1 aromatic heterocycles. The average molecular weight is 373 g/mol. The minimum Gasteiger partial charge on any atom is -0.466 e. The summed E-state index contributed by atoms with van der Waals surface area (Å²) in [5, 5.41) is 0. The van der Waals surface area contributed by atoms with Gasteiger partial charge in [-0.2, -0.15) is 0 Å². The van der Waals surface area contributed by atoms with Crippen molar-refractivity contribution in [1.82, 2.24) is 4.72 Å². The highest BCUT2D eigenvalue weighted by Crippen LogP contribution is 2.26. The van der Waals surface area contributed by atoms with Crippen LogP contribution in [-0.4, -0.2) is 8.42 Å². The zero-order chi connectivity index (χ0) is 15.8. The highest BCUT2D eigenvalue weighted by molar-refractivity contribution is 9.10. The Bertz CT molecular complexity index is 769. The molecule has 1 aromatic carbocycles. The Labute approximate surface area is 132 Å². The SMILES string of the molecule is Cc1cc(C(C)NS(=O)(=O)c2ccc(Br)cc2N)c(C)o1. The van der Waals surface area contributed by atoms with Crippen LogP contribution in [0.25, 0.3) is 0 Å². The number of aryl methyl sites for hydroxylation is 2. The van der Waals surface area contributed by atoms with Crippen LogP contribution in [0.15, 0.2) is 38.1 Å². The number of rotatable bonds is 4. The Morgan fingerprint density at radius 3 is 2.48 bits per heavy atom. The minimum absolute atomic E-state index is 0.0652. The maximum atomic E-state index is 12.4. The molecule has 0 bridgehead atoms. The van der Waals surface area contributed by atoms with Gasteiger partial charge in [-0.1, -0.05) is 15.9 Å². The third-order valence-electron chi connectivity index (χ3n) is 3.14. The molecule has 1 heterocycles. The summed E-state index contributed by atoms with van der Waals surface area (Å²) >= 11 is 3.26. The summed E-state index contributed by atoms with van der Waals surface area (Å²) in [6.07, 6.45) is 0. The van der Waals surface area contributed by atoms with Gasteiger partial charge in [-0.25, -0.2) is 13.1 Å². The molecule has 2 aromatic rings. The van der Waals surface area contributed by atoms with Crippen molar-refractivity contribution in [2.24, 2.45) is 0 Å². The molecule has 0 aliphatic carbocycles. The molecule has 1 atom stereocenters. The predicted octanol–water partition coefficient (Wildman–Crippen LogP) is 3.28. The highest BCUT2D eigenvalue weighted by Gasteiger charge is 2.23. The van der Waals surface area contributed by atoms with E-state index in [0.29, 0.717) is 5.76 Å². The fraction of sp³-hybridized carbons (Fsp3) is 0.286. The van der Waals surface area contributed by atoms with Crippen LogP contribution in [-0.2, 0) is 10.0 Å². The molecule has 21 heavy (non-hydrogen) atoms. The number of hydrogen-bond acceptors (Lipinski definition) is 4. The smallest absolute Gasteiger partial charge is 0.243 e. The van der Waals surface area contributed by atoms with Crippen molar-refractivity contribution >= 4 is 31.6 Å². The van der Waals surface area contributed by atoms with Crippen molar-refractivity contribution < 1.29 is 12.8 Å². The van der Waals surface area contributed by atoms with Gasteiger partial charge in [-0.05, 0) is 45.0 Å². The maximum absolute atomic E-state index is 12.4. The van der Waals surface area contributed by atoms with Gasteiger partial charge in [0.2, 0.25) is 10.0 Å². The first-order chi connectivity index (χ1) is 9.70. The zero-order valence-electron chi connectivity index (χ0n) is 12.0. The topological polar surface area (TPSA) is 85.3 Å². The highest BCUT2D eigenvalue weighted by atomic mass is 79.9. The number of sulfonamides is 1. The van der Waals surface area contributed by atoms with E-state index in [-0.39, 0.29) is 10.6 Å². The third-order valence-corrected chi connectivity index (χ3v) is 5.25. The summed E-state index contributed by atoms with van der Waals surface area (Å²) in [4.78, 5) is 0.0652. The summed E-state index contributed by atoms with van der Waals surface area (Å²) < 4.78 is 33.6. The summed E-state index contributed by atoms with van der Waals surface area (Å²) in [7, 11) is -3.70. The van der Waals surface area contributed by atoms with Crippen LogP contribution >= 0.6 is 15.9 Å². The van der Waals surface area contributed by atoms with Crippen molar-refractivity contribution in [2.75, 3.05) is 5.73 Å². The van der Waals surface area contributed by atoms with Gasteiger partial charge in [-0.15, -0.1) is 0 Å². The number of anilines is 1. The Hall–Kier alpha value is -1.31. The fourth-order valence-corrected chi connectivity index (χ4v) is 3.92. The van der Waals surface area contributed by atoms with Gasteiger partial charge in [0.1, 0.15) is 16.4 Å².